The number of carbonyl (C=O) groups excluding carboxylic acids is 2. The van der Waals surface area contributed by atoms with Gasteiger partial charge in [0.15, 0.2) is 0 Å². The summed E-state index contributed by atoms with van der Waals surface area (Å²) in [5.74, 6) is -0.109. The zero-order valence-corrected chi connectivity index (χ0v) is 9.95. The van der Waals surface area contributed by atoms with E-state index in [1.165, 1.54) is 6.92 Å². The summed E-state index contributed by atoms with van der Waals surface area (Å²) >= 11 is 0. The molecule has 2 amide bonds. The molecule has 0 unspecified atom stereocenters. The molecule has 0 aliphatic carbocycles. The molecule has 0 heterocycles. The number of alkyl carbamates (subject to hydrolysis) is 1. The predicted molar refractivity (Wildman–Crippen MR) is 64.6 cm³/mol. The van der Waals surface area contributed by atoms with Crippen molar-refractivity contribution in [3.05, 3.63) is 29.8 Å². The monoisotopic (exact) mass is 236 g/mol. The van der Waals surface area contributed by atoms with Crippen molar-refractivity contribution in [1.82, 2.24) is 5.32 Å². The van der Waals surface area contributed by atoms with Crippen LogP contribution in [0.25, 0.3) is 0 Å². The lowest BCUT2D eigenvalue weighted by Gasteiger charge is -2.06. The Morgan fingerprint density at radius 2 is 1.88 bits per heavy atom. The summed E-state index contributed by atoms with van der Waals surface area (Å²) in [7, 11) is 0. The van der Waals surface area contributed by atoms with Crippen LogP contribution in [0.3, 0.4) is 0 Å². The molecule has 1 aromatic carbocycles. The largest absolute Gasteiger partial charge is 0.450 e. The number of benzene rings is 1. The van der Waals surface area contributed by atoms with Crippen molar-refractivity contribution in [1.29, 1.82) is 0 Å². The highest BCUT2D eigenvalue weighted by molar-refractivity contribution is 5.88. The Kier molecular flexibility index (Phi) is 5.00. The Morgan fingerprint density at radius 3 is 2.41 bits per heavy atom. The molecule has 0 atom stereocenters. The minimum atomic E-state index is -0.432. The maximum absolute atomic E-state index is 11.0. The Hall–Kier alpha value is -2.04. The van der Waals surface area contributed by atoms with Gasteiger partial charge in [-0.05, 0) is 24.6 Å². The van der Waals surface area contributed by atoms with E-state index >= 15 is 0 Å². The van der Waals surface area contributed by atoms with E-state index < -0.39 is 6.09 Å². The van der Waals surface area contributed by atoms with E-state index in [2.05, 4.69) is 10.6 Å². The predicted octanol–water partition coefficient (Wildman–Crippen LogP) is 1.89. The fourth-order valence-electron chi connectivity index (χ4n) is 1.27. The molecule has 1 rings (SSSR count). The fourth-order valence-corrected chi connectivity index (χ4v) is 1.27. The Bertz CT molecular complexity index is 387. The molecule has 2 N–H and O–H groups in total. The summed E-state index contributed by atoms with van der Waals surface area (Å²) in [5.41, 5.74) is 1.67. The average molecular weight is 236 g/mol. The maximum Gasteiger partial charge on any atom is 0.407 e. The second kappa shape index (κ2) is 6.52. The highest BCUT2D eigenvalue weighted by Crippen LogP contribution is 2.09. The van der Waals surface area contributed by atoms with E-state index in [1.807, 2.05) is 12.1 Å². The second-order valence-corrected chi connectivity index (χ2v) is 3.45. The third kappa shape index (κ3) is 5.01. The summed E-state index contributed by atoms with van der Waals surface area (Å²) in [6.45, 7) is 3.96. The van der Waals surface area contributed by atoms with Crippen LogP contribution in [0.4, 0.5) is 10.5 Å². The van der Waals surface area contributed by atoms with Gasteiger partial charge < -0.3 is 15.4 Å². The average Bonchev–Trinajstić information content (AvgIpc) is 2.28. The van der Waals surface area contributed by atoms with Crippen molar-refractivity contribution in [2.45, 2.75) is 20.4 Å². The van der Waals surface area contributed by atoms with Gasteiger partial charge in [-0.15, -0.1) is 0 Å². The molecular weight excluding hydrogens is 220 g/mol. The fraction of sp³-hybridized carbons (Fsp3) is 0.333. The van der Waals surface area contributed by atoms with Crippen molar-refractivity contribution in [3.8, 4) is 0 Å². The molecule has 0 saturated heterocycles. The lowest BCUT2D eigenvalue weighted by atomic mass is 10.2. The number of nitrogens with one attached hydrogen (secondary N) is 2. The van der Waals surface area contributed by atoms with E-state index in [-0.39, 0.29) is 5.91 Å². The number of anilines is 1. The van der Waals surface area contributed by atoms with Gasteiger partial charge >= 0.3 is 6.09 Å². The minimum absolute atomic E-state index is 0.109. The standard InChI is InChI=1S/C12H16N2O3/c1-3-17-12(16)13-8-10-4-6-11(7-5-10)14-9(2)15/h4-7H,3,8H2,1-2H3,(H,13,16)(H,14,15). The molecule has 0 aromatic heterocycles. The molecule has 0 bridgehead atoms. The topological polar surface area (TPSA) is 67.4 Å². The van der Waals surface area contributed by atoms with Crippen LogP contribution in [0.5, 0.6) is 0 Å². The number of amides is 2. The van der Waals surface area contributed by atoms with Gasteiger partial charge in [0.25, 0.3) is 0 Å². The molecule has 5 heteroatoms. The molecule has 0 aliphatic rings. The highest BCUT2D eigenvalue weighted by Gasteiger charge is 2.00. The van der Waals surface area contributed by atoms with Gasteiger partial charge in [-0.25, -0.2) is 4.79 Å². The Labute approximate surface area is 100 Å². The highest BCUT2D eigenvalue weighted by atomic mass is 16.5. The SMILES string of the molecule is CCOC(=O)NCc1ccc(NC(C)=O)cc1. The molecule has 0 fully saturated rings. The van der Waals surface area contributed by atoms with Crippen molar-refractivity contribution in [2.75, 3.05) is 11.9 Å². The summed E-state index contributed by atoms with van der Waals surface area (Å²) in [4.78, 5) is 21.8. The van der Waals surface area contributed by atoms with Crippen molar-refractivity contribution >= 4 is 17.7 Å². The number of ether oxygens (including phenoxy) is 1. The first-order chi connectivity index (χ1) is 8.11. The van der Waals surface area contributed by atoms with E-state index in [1.54, 1.807) is 19.1 Å². The Balaban J connectivity index is 2.45. The van der Waals surface area contributed by atoms with E-state index in [0.29, 0.717) is 13.2 Å². The lowest BCUT2D eigenvalue weighted by molar-refractivity contribution is -0.114. The molecular formula is C12H16N2O3. The number of hydrogen-bond donors (Lipinski definition) is 2. The summed E-state index contributed by atoms with van der Waals surface area (Å²) in [5, 5.41) is 5.28. The summed E-state index contributed by atoms with van der Waals surface area (Å²) in [6, 6.07) is 7.22. The first-order valence-corrected chi connectivity index (χ1v) is 5.39. The molecule has 1 aromatic rings. The van der Waals surface area contributed by atoms with Gasteiger partial charge in [0, 0.05) is 19.2 Å². The van der Waals surface area contributed by atoms with Gasteiger partial charge in [0.05, 0.1) is 6.61 Å². The number of rotatable bonds is 4. The summed E-state index contributed by atoms with van der Waals surface area (Å²) < 4.78 is 4.73. The van der Waals surface area contributed by atoms with Gasteiger partial charge in [0.1, 0.15) is 0 Å². The normalized spacial score (nSPS) is 9.53. The smallest absolute Gasteiger partial charge is 0.407 e. The van der Waals surface area contributed by atoms with Crippen molar-refractivity contribution in [3.63, 3.8) is 0 Å². The van der Waals surface area contributed by atoms with Crippen LogP contribution < -0.4 is 10.6 Å². The van der Waals surface area contributed by atoms with Crippen molar-refractivity contribution < 1.29 is 14.3 Å². The van der Waals surface area contributed by atoms with Crippen LogP contribution >= 0.6 is 0 Å². The minimum Gasteiger partial charge on any atom is -0.450 e. The van der Waals surface area contributed by atoms with Crippen LogP contribution in [0.15, 0.2) is 24.3 Å². The molecule has 0 saturated carbocycles. The maximum atomic E-state index is 11.0. The molecule has 17 heavy (non-hydrogen) atoms. The zero-order chi connectivity index (χ0) is 12.7. The molecule has 5 nitrogen and oxygen atoms in total. The third-order valence-electron chi connectivity index (χ3n) is 1.99. The first-order valence-electron chi connectivity index (χ1n) is 5.39. The van der Waals surface area contributed by atoms with Gasteiger partial charge in [0.2, 0.25) is 5.91 Å². The quantitative estimate of drug-likeness (QED) is 0.838. The van der Waals surface area contributed by atoms with Crippen LogP contribution in [-0.2, 0) is 16.1 Å². The van der Waals surface area contributed by atoms with Gasteiger partial charge in [-0.1, -0.05) is 12.1 Å². The lowest BCUT2D eigenvalue weighted by Crippen LogP contribution is -2.23. The van der Waals surface area contributed by atoms with Crippen LogP contribution in [-0.4, -0.2) is 18.6 Å². The Morgan fingerprint density at radius 1 is 1.24 bits per heavy atom. The van der Waals surface area contributed by atoms with E-state index in [0.717, 1.165) is 11.3 Å². The molecule has 0 aliphatic heterocycles. The van der Waals surface area contributed by atoms with E-state index in [4.69, 9.17) is 4.74 Å². The van der Waals surface area contributed by atoms with Crippen molar-refractivity contribution in [2.24, 2.45) is 0 Å². The van der Waals surface area contributed by atoms with Crippen LogP contribution in [0.1, 0.15) is 19.4 Å². The van der Waals surface area contributed by atoms with E-state index in [9.17, 15) is 9.59 Å². The van der Waals surface area contributed by atoms with Crippen LogP contribution in [0, 0.1) is 0 Å². The molecule has 0 radical (unpaired) electrons. The molecule has 0 spiro atoms. The number of hydrogen-bond acceptors (Lipinski definition) is 3. The zero-order valence-electron chi connectivity index (χ0n) is 9.95. The number of carbonyl (C=O) groups is 2. The summed E-state index contributed by atoms with van der Waals surface area (Å²) in [6.07, 6.45) is -0.432. The third-order valence-corrected chi connectivity index (χ3v) is 1.99. The molecule has 92 valence electrons. The van der Waals surface area contributed by atoms with Gasteiger partial charge in [-0.2, -0.15) is 0 Å². The van der Waals surface area contributed by atoms with Crippen LogP contribution in [0.2, 0.25) is 0 Å². The first kappa shape index (κ1) is 13.0. The van der Waals surface area contributed by atoms with Gasteiger partial charge in [-0.3, -0.25) is 4.79 Å². The second-order valence-electron chi connectivity index (χ2n) is 3.45.